The molecule has 2 atom stereocenters. The van der Waals surface area contributed by atoms with Crippen molar-refractivity contribution in [2.75, 3.05) is 25.1 Å². The minimum Gasteiger partial charge on any atom is -0.390 e. The van der Waals surface area contributed by atoms with E-state index in [0.717, 1.165) is 12.2 Å². The van der Waals surface area contributed by atoms with Gasteiger partial charge in [0.05, 0.1) is 42.5 Å². The Kier molecular flexibility index (Phi) is 7.33. The molecular formula is C20H24ClFN5O3+. The standard InChI is InChI=1S/C20H23ClFN5O3/c1-2-24-19-12(8-23)6-18-25-16(19)7-13(28)9-30-10-17(26-20(29)27-18)11-3-4-14(21)15(22)5-11/h3-6,8,13,17,23-24,28H,2,7,9-10H2,1H3,(H2,25,26,27,29)/p+1/t13-,17-/m1/s1. The minimum absolute atomic E-state index is 0.00721. The molecule has 0 unspecified atom stereocenters. The number of aliphatic hydroxyl groups is 1. The number of carbonyl (C=O) groups is 1. The zero-order valence-electron chi connectivity index (χ0n) is 16.4. The van der Waals surface area contributed by atoms with Gasteiger partial charge in [0.1, 0.15) is 17.3 Å². The lowest BCUT2D eigenvalue weighted by atomic mass is 10.1. The Morgan fingerprint density at radius 3 is 2.93 bits per heavy atom. The van der Waals surface area contributed by atoms with Gasteiger partial charge in [0.2, 0.25) is 0 Å². The van der Waals surface area contributed by atoms with E-state index in [0.29, 0.717) is 16.8 Å². The molecule has 10 heteroatoms. The molecule has 0 aliphatic carbocycles. The second kappa shape index (κ2) is 9.94. The van der Waals surface area contributed by atoms with Gasteiger partial charge >= 0.3 is 6.03 Å². The van der Waals surface area contributed by atoms with Crippen LogP contribution in [-0.4, -0.2) is 48.2 Å². The predicted octanol–water partition coefficient (Wildman–Crippen LogP) is 1.88. The maximum absolute atomic E-state index is 13.9. The van der Waals surface area contributed by atoms with Crippen LogP contribution in [0.3, 0.4) is 0 Å². The number of nitrogens with zero attached hydrogens (tertiary/aromatic N) is 1. The first-order valence-corrected chi connectivity index (χ1v) is 9.95. The molecule has 3 rings (SSSR count). The Balaban J connectivity index is 1.93. The van der Waals surface area contributed by atoms with Crippen LogP contribution in [0.5, 0.6) is 0 Å². The molecule has 0 radical (unpaired) electrons. The zero-order chi connectivity index (χ0) is 21.7. The number of amides is 2. The summed E-state index contributed by atoms with van der Waals surface area (Å²) in [5.74, 6) is -0.351. The highest BCUT2D eigenvalue weighted by Gasteiger charge is 2.23. The third kappa shape index (κ3) is 5.31. The number of halogens is 2. The number of hydrogen-bond acceptors (Lipinski definition) is 5. The molecule has 2 bridgehead atoms. The first-order valence-electron chi connectivity index (χ1n) is 9.57. The summed E-state index contributed by atoms with van der Waals surface area (Å²) in [5.41, 5.74) is 2.38. The number of aliphatic hydroxyl groups excluding tert-OH is 1. The fraction of sp³-hybridized carbons (Fsp3) is 0.350. The summed E-state index contributed by atoms with van der Waals surface area (Å²) in [7, 11) is 0. The lowest BCUT2D eigenvalue weighted by Gasteiger charge is -2.22. The van der Waals surface area contributed by atoms with Crippen molar-refractivity contribution < 1.29 is 24.3 Å². The number of aromatic nitrogens is 1. The summed E-state index contributed by atoms with van der Waals surface area (Å²) in [4.78, 5) is 17.0. The number of fused-ring (bicyclic) bond motifs is 2. The van der Waals surface area contributed by atoms with Crippen LogP contribution in [0.15, 0.2) is 24.3 Å². The summed E-state index contributed by atoms with van der Waals surface area (Å²) in [6.45, 7) is 2.74. The van der Waals surface area contributed by atoms with E-state index < -0.39 is 24.0 Å². The van der Waals surface area contributed by atoms with E-state index in [1.165, 1.54) is 18.3 Å². The maximum Gasteiger partial charge on any atom is 0.320 e. The fourth-order valence-corrected chi connectivity index (χ4v) is 3.39. The van der Waals surface area contributed by atoms with Gasteiger partial charge in [0.25, 0.3) is 0 Å². The van der Waals surface area contributed by atoms with E-state index >= 15 is 0 Å². The van der Waals surface area contributed by atoms with Crippen molar-refractivity contribution >= 4 is 35.4 Å². The van der Waals surface area contributed by atoms with Crippen LogP contribution < -0.4 is 16.0 Å². The number of pyridine rings is 1. The maximum atomic E-state index is 13.9. The fourth-order valence-electron chi connectivity index (χ4n) is 3.27. The average Bonchev–Trinajstić information content (AvgIpc) is 2.70. The number of carbonyl (C=O) groups excluding carboxylic acids is 1. The predicted molar refractivity (Wildman–Crippen MR) is 111 cm³/mol. The number of anilines is 1. The van der Waals surface area contributed by atoms with E-state index in [4.69, 9.17) is 21.7 Å². The summed E-state index contributed by atoms with van der Waals surface area (Å²) < 4.78 is 19.5. The molecule has 1 aliphatic rings. The van der Waals surface area contributed by atoms with E-state index in [2.05, 4.69) is 15.6 Å². The van der Waals surface area contributed by atoms with Crippen molar-refractivity contribution in [2.24, 2.45) is 0 Å². The number of nitrogens with two attached hydrogens (primary N) is 1. The van der Waals surface area contributed by atoms with Crippen LogP contribution in [0.2, 0.25) is 5.02 Å². The topological polar surface area (TPSA) is 124 Å². The first-order chi connectivity index (χ1) is 14.4. The number of ether oxygens (including phenoxy) is 1. The molecule has 0 saturated heterocycles. The molecule has 2 heterocycles. The van der Waals surface area contributed by atoms with E-state index in [1.54, 1.807) is 12.1 Å². The molecule has 1 aromatic carbocycles. The van der Waals surface area contributed by atoms with Crippen molar-refractivity contribution in [1.82, 2.24) is 10.3 Å². The Morgan fingerprint density at radius 1 is 1.43 bits per heavy atom. The van der Waals surface area contributed by atoms with Crippen LogP contribution in [-0.2, 0) is 11.2 Å². The van der Waals surface area contributed by atoms with Gasteiger partial charge in [-0.05, 0) is 30.7 Å². The second-order valence-electron chi connectivity index (χ2n) is 6.93. The highest BCUT2D eigenvalue weighted by Crippen LogP contribution is 2.23. The zero-order valence-corrected chi connectivity index (χ0v) is 17.2. The molecule has 1 aliphatic heterocycles. The van der Waals surface area contributed by atoms with Crippen molar-refractivity contribution in [3.8, 4) is 0 Å². The van der Waals surface area contributed by atoms with Crippen LogP contribution in [0.1, 0.15) is 29.8 Å². The Labute approximate surface area is 178 Å². The molecule has 30 heavy (non-hydrogen) atoms. The lowest BCUT2D eigenvalue weighted by molar-refractivity contribution is -0.568. The number of urea groups is 1. The number of rotatable bonds is 4. The van der Waals surface area contributed by atoms with E-state index in [-0.39, 0.29) is 30.5 Å². The normalized spacial score (nSPS) is 19.8. The largest absolute Gasteiger partial charge is 0.390 e. The second-order valence-corrected chi connectivity index (χ2v) is 7.34. The van der Waals surface area contributed by atoms with Gasteiger partial charge < -0.3 is 25.9 Å². The van der Waals surface area contributed by atoms with Crippen LogP contribution in [0.25, 0.3) is 0 Å². The van der Waals surface area contributed by atoms with Crippen LogP contribution in [0, 0.1) is 11.2 Å². The highest BCUT2D eigenvalue weighted by atomic mass is 35.5. The van der Waals surface area contributed by atoms with Gasteiger partial charge in [-0.1, -0.05) is 17.7 Å². The molecule has 0 spiro atoms. The summed E-state index contributed by atoms with van der Waals surface area (Å²) in [6.07, 6.45) is 0.543. The quantitative estimate of drug-likeness (QED) is 0.469. The lowest BCUT2D eigenvalue weighted by Crippen LogP contribution is -2.78. The average molecular weight is 437 g/mol. The minimum atomic E-state index is -0.840. The molecule has 0 fully saturated rings. The molecule has 2 amide bonds. The van der Waals surface area contributed by atoms with Gasteiger partial charge in [-0.15, -0.1) is 0 Å². The number of nitrogens with one attached hydrogen (secondary N) is 3. The number of hydrogen-bond donors (Lipinski definition) is 5. The number of benzene rings is 1. The number of quaternary nitrogens is 1. The van der Waals surface area contributed by atoms with Crippen molar-refractivity contribution in [2.45, 2.75) is 25.5 Å². The molecule has 8 nitrogen and oxygen atoms in total. The van der Waals surface area contributed by atoms with Gasteiger partial charge in [-0.2, -0.15) is 0 Å². The molecule has 6 N–H and O–H groups in total. The first kappa shape index (κ1) is 22.1. The molecule has 2 aromatic rings. The van der Waals surface area contributed by atoms with Crippen molar-refractivity contribution in [1.29, 1.82) is 5.41 Å². The summed E-state index contributed by atoms with van der Waals surface area (Å²) >= 11 is 5.75. The highest BCUT2D eigenvalue weighted by molar-refractivity contribution is 6.30. The molecule has 1 aromatic heterocycles. The SMILES string of the molecule is CC[NH2+]c1c(C=N)cc2nc1C[C@@H](O)COC[C@H](c1ccc(Cl)c(F)c1)NC(=O)N2. The van der Waals surface area contributed by atoms with Crippen LogP contribution >= 0.6 is 11.6 Å². The monoisotopic (exact) mass is 436 g/mol. The molecule has 160 valence electrons. The van der Waals surface area contributed by atoms with E-state index in [9.17, 15) is 14.3 Å². The van der Waals surface area contributed by atoms with Gasteiger partial charge in [-0.3, -0.25) is 5.32 Å². The third-order valence-corrected chi connectivity index (χ3v) is 4.96. The van der Waals surface area contributed by atoms with Crippen LogP contribution in [0.4, 0.5) is 20.7 Å². The Morgan fingerprint density at radius 2 is 2.23 bits per heavy atom. The third-order valence-electron chi connectivity index (χ3n) is 4.65. The summed E-state index contributed by atoms with van der Waals surface area (Å²) in [5, 5.41) is 25.4. The summed E-state index contributed by atoms with van der Waals surface area (Å²) in [6, 6.07) is 4.62. The van der Waals surface area contributed by atoms with Gasteiger partial charge in [-0.25, -0.2) is 14.2 Å². The van der Waals surface area contributed by atoms with Crippen molar-refractivity contribution in [3.05, 3.63) is 51.9 Å². The molecule has 0 saturated carbocycles. The van der Waals surface area contributed by atoms with Gasteiger partial charge in [0, 0.05) is 12.6 Å². The Hall–Kier alpha value is -2.59. The smallest absolute Gasteiger partial charge is 0.320 e. The van der Waals surface area contributed by atoms with Gasteiger partial charge in [0.15, 0.2) is 5.69 Å². The Bertz CT molecular complexity index is 943. The van der Waals surface area contributed by atoms with E-state index in [1.807, 2.05) is 12.2 Å². The van der Waals surface area contributed by atoms with Crippen molar-refractivity contribution in [3.63, 3.8) is 0 Å². The molecular weight excluding hydrogens is 413 g/mol.